The molecule has 4 rings (SSSR count). The number of hydrogen-bond acceptors (Lipinski definition) is 7. The molecule has 0 bridgehead atoms. The topological polar surface area (TPSA) is 146 Å². The largest absolute Gasteiger partial charge is 0.486 e. The van der Waals surface area contributed by atoms with Gasteiger partial charge in [-0.05, 0) is 54.8 Å². The van der Waals surface area contributed by atoms with Gasteiger partial charge in [0.25, 0.3) is 5.91 Å². The van der Waals surface area contributed by atoms with Gasteiger partial charge in [-0.15, -0.1) is 0 Å². The third kappa shape index (κ3) is 13.1. The number of anilines is 2. The van der Waals surface area contributed by atoms with Gasteiger partial charge in [0.15, 0.2) is 23.1 Å². The van der Waals surface area contributed by atoms with E-state index in [0.717, 1.165) is 12.8 Å². The molecule has 0 aliphatic heterocycles. The molecule has 0 aromatic heterocycles. The van der Waals surface area contributed by atoms with Crippen LogP contribution in [-0.4, -0.2) is 47.7 Å². The molecule has 16 heteroatoms. The van der Waals surface area contributed by atoms with Crippen LogP contribution in [-0.2, 0) is 29.2 Å². The molecular weight excluding hydrogens is 778 g/mol. The highest BCUT2D eigenvalue weighted by atomic mass is 35.5. The van der Waals surface area contributed by atoms with E-state index in [9.17, 15) is 23.2 Å². The molecule has 4 aromatic carbocycles. The number of ether oxygens (including phenoxy) is 2. The van der Waals surface area contributed by atoms with Crippen LogP contribution >= 0.6 is 46.4 Å². The van der Waals surface area contributed by atoms with Crippen LogP contribution in [0.3, 0.4) is 0 Å². The average molecular weight is 816 g/mol. The Morgan fingerprint density at radius 1 is 0.679 bits per heavy atom. The molecule has 0 aliphatic rings. The fourth-order valence-corrected chi connectivity index (χ4v) is 5.83. The molecular formula is C37H37Cl4F2N3O7. The minimum atomic E-state index is -1.18. The van der Waals surface area contributed by atoms with Crippen molar-refractivity contribution in [3.8, 4) is 11.5 Å². The van der Waals surface area contributed by atoms with Crippen LogP contribution in [0.25, 0.3) is 0 Å². The number of rotatable bonds is 17. The van der Waals surface area contributed by atoms with Crippen molar-refractivity contribution in [2.45, 2.75) is 46.3 Å². The van der Waals surface area contributed by atoms with Crippen LogP contribution < -0.4 is 25.4 Å². The van der Waals surface area contributed by atoms with Gasteiger partial charge in [0.1, 0.15) is 19.8 Å². The fraction of sp³-hybridized carbons (Fsp3) is 0.270. The Hall–Kier alpha value is -4.49. The van der Waals surface area contributed by atoms with Crippen molar-refractivity contribution in [1.82, 2.24) is 5.32 Å². The third-order valence-electron chi connectivity index (χ3n) is 7.11. The Balaban J connectivity index is 0.000000287. The van der Waals surface area contributed by atoms with E-state index in [1.54, 1.807) is 36.4 Å². The molecule has 0 radical (unpaired) electrons. The van der Waals surface area contributed by atoms with E-state index in [-0.39, 0.29) is 62.6 Å². The van der Waals surface area contributed by atoms with Gasteiger partial charge in [-0.2, -0.15) is 0 Å². The van der Waals surface area contributed by atoms with Gasteiger partial charge in [-0.3, -0.25) is 14.4 Å². The molecule has 0 fully saturated rings. The number of amides is 1. The average Bonchev–Trinajstić information content (AvgIpc) is 3.10. The summed E-state index contributed by atoms with van der Waals surface area (Å²) in [5, 5.41) is 26.1. The number of carbonyl (C=O) groups is 3. The van der Waals surface area contributed by atoms with E-state index < -0.39 is 30.2 Å². The van der Waals surface area contributed by atoms with E-state index in [1.165, 1.54) is 24.3 Å². The molecule has 0 atom stereocenters. The highest BCUT2D eigenvalue weighted by molar-refractivity contribution is 6.38. The summed E-state index contributed by atoms with van der Waals surface area (Å²) in [6, 6.07) is 15.5. The lowest BCUT2D eigenvalue weighted by molar-refractivity contribution is -0.137. The quantitative estimate of drug-likeness (QED) is 0.0704. The summed E-state index contributed by atoms with van der Waals surface area (Å²) in [6.45, 7) is 4.59. The SMILES string of the molecule is CCCNc1cccc(COc2c(Cl)cc(C(=O)NCC(=O)O)cc2Cl)c1F.CCCNc1cccc(COc2c(Cl)cc(CC(=O)O)cc2Cl)c1F. The molecule has 5 N–H and O–H groups in total. The summed E-state index contributed by atoms with van der Waals surface area (Å²) < 4.78 is 40.1. The number of nitrogens with one attached hydrogen (secondary N) is 3. The second-order valence-electron chi connectivity index (χ2n) is 11.3. The molecule has 0 aliphatic carbocycles. The first-order chi connectivity index (χ1) is 25.2. The van der Waals surface area contributed by atoms with E-state index in [2.05, 4.69) is 16.0 Å². The third-order valence-corrected chi connectivity index (χ3v) is 8.23. The van der Waals surface area contributed by atoms with Gasteiger partial charge in [-0.1, -0.05) is 84.5 Å². The predicted molar refractivity (Wildman–Crippen MR) is 203 cm³/mol. The van der Waals surface area contributed by atoms with Gasteiger partial charge in [0.2, 0.25) is 0 Å². The van der Waals surface area contributed by atoms with Crippen molar-refractivity contribution in [2.24, 2.45) is 0 Å². The lowest BCUT2D eigenvalue weighted by atomic mass is 10.1. The van der Waals surface area contributed by atoms with Crippen molar-refractivity contribution in [1.29, 1.82) is 0 Å². The van der Waals surface area contributed by atoms with E-state index in [1.807, 2.05) is 13.8 Å². The van der Waals surface area contributed by atoms with E-state index >= 15 is 0 Å². The van der Waals surface area contributed by atoms with Crippen LogP contribution in [0.2, 0.25) is 20.1 Å². The Morgan fingerprint density at radius 3 is 1.51 bits per heavy atom. The van der Waals surface area contributed by atoms with Crippen LogP contribution in [0, 0.1) is 11.6 Å². The van der Waals surface area contributed by atoms with E-state index in [4.69, 9.17) is 66.1 Å². The normalized spacial score (nSPS) is 10.5. The molecule has 0 saturated heterocycles. The molecule has 4 aromatic rings. The van der Waals surface area contributed by atoms with Crippen molar-refractivity contribution >= 4 is 75.6 Å². The second kappa shape index (κ2) is 21.3. The lowest BCUT2D eigenvalue weighted by Crippen LogP contribution is -2.29. The van der Waals surface area contributed by atoms with Gasteiger partial charge in [0, 0.05) is 29.8 Å². The first-order valence-electron chi connectivity index (χ1n) is 16.2. The first-order valence-corrected chi connectivity index (χ1v) is 17.7. The molecule has 0 heterocycles. The standard InChI is InChI=1S/C19H19Cl2FN2O4.C18H18Cl2FNO3/c1-2-6-23-15-5-3-4-11(17(15)22)10-28-18-13(20)7-12(8-14(18)21)19(27)24-9-16(25)26;1-2-6-22-15-5-3-4-12(17(15)21)10-25-18-13(19)7-11(8-14(18)20)9-16(23)24/h3-5,7-8,23H,2,6,9-10H2,1H3,(H,24,27)(H,25,26);3-5,7-8,22H,2,6,9-10H2,1H3,(H,23,24). The Labute approximate surface area is 325 Å². The molecule has 0 unspecified atom stereocenters. The summed E-state index contributed by atoms with van der Waals surface area (Å²) in [5.74, 6) is -3.31. The number of carboxylic acids is 2. The number of hydrogen-bond donors (Lipinski definition) is 5. The van der Waals surface area contributed by atoms with E-state index in [0.29, 0.717) is 41.2 Å². The summed E-state index contributed by atoms with van der Waals surface area (Å²) in [4.78, 5) is 33.2. The van der Waals surface area contributed by atoms with Gasteiger partial charge < -0.3 is 35.6 Å². The number of carbonyl (C=O) groups excluding carboxylic acids is 1. The maximum atomic E-state index is 14.5. The Bertz CT molecular complexity index is 1870. The smallest absolute Gasteiger partial charge is 0.322 e. The highest BCUT2D eigenvalue weighted by Crippen LogP contribution is 2.36. The van der Waals surface area contributed by atoms with Crippen molar-refractivity contribution < 1.29 is 42.9 Å². The maximum absolute atomic E-state index is 14.5. The second-order valence-corrected chi connectivity index (χ2v) is 12.9. The minimum Gasteiger partial charge on any atom is -0.486 e. The predicted octanol–water partition coefficient (Wildman–Crippen LogP) is 9.51. The zero-order chi connectivity index (χ0) is 39.1. The van der Waals surface area contributed by atoms with Crippen LogP contribution in [0.5, 0.6) is 11.5 Å². The Morgan fingerprint density at radius 2 is 1.11 bits per heavy atom. The summed E-state index contributed by atoms with van der Waals surface area (Å²) in [5.41, 5.74) is 2.02. The monoisotopic (exact) mass is 813 g/mol. The van der Waals surface area contributed by atoms with Crippen molar-refractivity contribution in [2.75, 3.05) is 30.3 Å². The van der Waals surface area contributed by atoms with Gasteiger partial charge in [0.05, 0.1) is 37.9 Å². The molecule has 0 saturated carbocycles. The molecule has 1 amide bonds. The van der Waals surface area contributed by atoms with Crippen molar-refractivity contribution in [3.63, 3.8) is 0 Å². The zero-order valence-electron chi connectivity index (χ0n) is 28.6. The van der Waals surface area contributed by atoms with Gasteiger partial charge >= 0.3 is 11.9 Å². The summed E-state index contributed by atoms with van der Waals surface area (Å²) in [6.07, 6.45) is 1.55. The minimum absolute atomic E-state index is 0.0497. The number of carboxylic acid groups (broad SMARTS) is 2. The van der Waals surface area contributed by atoms with Crippen LogP contribution in [0.1, 0.15) is 53.7 Å². The van der Waals surface area contributed by atoms with Crippen LogP contribution in [0.4, 0.5) is 20.2 Å². The fourth-order valence-electron chi connectivity index (χ4n) is 4.59. The summed E-state index contributed by atoms with van der Waals surface area (Å²) in [7, 11) is 0. The highest BCUT2D eigenvalue weighted by Gasteiger charge is 2.17. The number of halogens is 6. The maximum Gasteiger partial charge on any atom is 0.322 e. The Kier molecular flexibility index (Phi) is 17.2. The lowest BCUT2D eigenvalue weighted by Gasteiger charge is -2.14. The molecule has 53 heavy (non-hydrogen) atoms. The van der Waals surface area contributed by atoms with Crippen molar-refractivity contribution in [3.05, 3.63) is 115 Å². The molecule has 284 valence electrons. The zero-order valence-corrected chi connectivity index (χ0v) is 31.7. The molecule has 10 nitrogen and oxygen atoms in total. The number of benzene rings is 4. The van der Waals surface area contributed by atoms with Gasteiger partial charge in [-0.25, -0.2) is 8.78 Å². The first kappa shape index (κ1) is 42.9. The summed E-state index contributed by atoms with van der Waals surface area (Å²) >= 11 is 24.5. The number of aliphatic carboxylic acids is 2. The van der Waals surface area contributed by atoms with Crippen LogP contribution in [0.15, 0.2) is 60.7 Å². The molecule has 0 spiro atoms.